The van der Waals surface area contributed by atoms with E-state index in [1.165, 1.54) is 0 Å². The number of carboxylic acid groups (broad SMARTS) is 1. The maximum absolute atomic E-state index is 11.3. The summed E-state index contributed by atoms with van der Waals surface area (Å²) in [5, 5.41) is 11.9. The third-order valence-corrected chi connectivity index (χ3v) is 4.68. The minimum Gasteiger partial charge on any atom is -0.480 e. The van der Waals surface area contributed by atoms with Gasteiger partial charge in [-0.15, -0.1) is 0 Å². The summed E-state index contributed by atoms with van der Waals surface area (Å²) in [6, 6.07) is -1.05. The van der Waals surface area contributed by atoms with Gasteiger partial charge in [-0.2, -0.15) is 0 Å². The molecule has 0 radical (unpaired) electrons. The van der Waals surface area contributed by atoms with Gasteiger partial charge in [0.15, 0.2) is 15.8 Å². The number of sulfone groups is 1. The Morgan fingerprint density at radius 2 is 2.16 bits per heavy atom. The summed E-state index contributed by atoms with van der Waals surface area (Å²) in [5.74, 6) is -0.897. The summed E-state index contributed by atoms with van der Waals surface area (Å²) in [4.78, 5) is 14.8. The first-order chi connectivity index (χ1) is 8.80. The second-order valence-corrected chi connectivity index (χ2v) is 6.83. The summed E-state index contributed by atoms with van der Waals surface area (Å²) in [7, 11) is -3.01. The van der Waals surface area contributed by atoms with Gasteiger partial charge in [0.25, 0.3) is 0 Å². The van der Waals surface area contributed by atoms with E-state index in [-0.39, 0.29) is 23.5 Å². The number of carboxylic acids is 1. The van der Waals surface area contributed by atoms with E-state index in [1.54, 1.807) is 0 Å². The Morgan fingerprint density at radius 3 is 2.63 bits per heavy atom. The van der Waals surface area contributed by atoms with Crippen molar-refractivity contribution in [3.63, 3.8) is 0 Å². The van der Waals surface area contributed by atoms with E-state index in [1.807, 2.05) is 0 Å². The normalized spacial score (nSPS) is 22.8. The van der Waals surface area contributed by atoms with E-state index in [2.05, 4.69) is 10.3 Å². The van der Waals surface area contributed by atoms with E-state index in [0.717, 1.165) is 0 Å². The molecule has 0 saturated carbocycles. The van der Waals surface area contributed by atoms with Gasteiger partial charge in [0, 0.05) is 12.6 Å². The fourth-order valence-corrected chi connectivity index (χ4v) is 3.68. The average Bonchev–Trinajstić information content (AvgIpc) is 2.62. The van der Waals surface area contributed by atoms with Crippen LogP contribution in [0.5, 0.6) is 0 Å². The van der Waals surface area contributed by atoms with E-state index in [0.29, 0.717) is 25.8 Å². The van der Waals surface area contributed by atoms with Crippen molar-refractivity contribution in [3.05, 3.63) is 0 Å². The Hall–Kier alpha value is -1.35. The van der Waals surface area contributed by atoms with Gasteiger partial charge in [0.1, 0.15) is 6.04 Å². The van der Waals surface area contributed by atoms with Gasteiger partial charge in [-0.3, -0.25) is 9.79 Å². The van der Waals surface area contributed by atoms with E-state index >= 15 is 0 Å². The zero-order valence-electron chi connectivity index (χ0n) is 10.6. The van der Waals surface area contributed by atoms with Gasteiger partial charge >= 0.3 is 5.97 Å². The fourth-order valence-electron chi connectivity index (χ4n) is 1.99. The second kappa shape index (κ2) is 6.71. The molecule has 0 amide bonds. The van der Waals surface area contributed by atoms with Crippen LogP contribution in [0.25, 0.3) is 0 Å². The molecule has 6 N–H and O–H groups in total. The first-order valence-corrected chi connectivity index (χ1v) is 7.87. The molecule has 0 unspecified atom stereocenters. The predicted octanol–water partition coefficient (Wildman–Crippen LogP) is -1.73. The van der Waals surface area contributed by atoms with Crippen molar-refractivity contribution in [2.75, 3.05) is 18.1 Å². The molecule has 1 heterocycles. The number of nitrogens with one attached hydrogen (secondary N) is 1. The highest BCUT2D eigenvalue weighted by molar-refractivity contribution is 7.91. The maximum Gasteiger partial charge on any atom is 0.320 e. The molecule has 19 heavy (non-hydrogen) atoms. The zero-order valence-corrected chi connectivity index (χ0v) is 11.4. The molecule has 0 aromatic rings. The van der Waals surface area contributed by atoms with Crippen LogP contribution in [0.4, 0.5) is 0 Å². The van der Waals surface area contributed by atoms with Crippen molar-refractivity contribution in [3.8, 4) is 0 Å². The van der Waals surface area contributed by atoms with E-state index in [4.69, 9.17) is 16.6 Å². The first kappa shape index (κ1) is 15.7. The summed E-state index contributed by atoms with van der Waals surface area (Å²) >= 11 is 0. The molecular weight excluding hydrogens is 272 g/mol. The summed E-state index contributed by atoms with van der Waals surface area (Å²) in [6.45, 7) is 0.358. The quantitative estimate of drug-likeness (QED) is 0.247. The molecule has 0 spiro atoms. The maximum atomic E-state index is 11.3. The number of aliphatic imine (C=N–C) groups is 1. The Kier molecular flexibility index (Phi) is 5.55. The smallest absolute Gasteiger partial charge is 0.320 e. The van der Waals surface area contributed by atoms with Crippen molar-refractivity contribution < 1.29 is 18.3 Å². The van der Waals surface area contributed by atoms with Crippen LogP contribution < -0.4 is 16.8 Å². The van der Waals surface area contributed by atoms with Crippen LogP contribution in [0.3, 0.4) is 0 Å². The Balaban J connectivity index is 2.41. The Labute approximate surface area is 112 Å². The van der Waals surface area contributed by atoms with Crippen LogP contribution in [0.15, 0.2) is 4.99 Å². The van der Waals surface area contributed by atoms with Gasteiger partial charge in [-0.25, -0.2) is 8.42 Å². The lowest BCUT2D eigenvalue weighted by atomic mass is 10.1. The molecule has 110 valence electrons. The molecule has 0 aromatic carbocycles. The van der Waals surface area contributed by atoms with Gasteiger partial charge in [-0.05, 0) is 19.3 Å². The molecule has 1 fully saturated rings. The summed E-state index contributed by atoms with van der Waals surface area (Å²) in [6.07, 6.45) is 1.32. The predicted molar refractivity (Wildman–Crippen MR) is 71.5 cm³/mol. The number of guanidine groups is 1. The zero-order chi connectivity index (χ0) is 14.5. The number of hydrogen-bond donors (Lipinski definition) is 4. The third kappa shape index (κ3) is 5.88. The standard InChI is InChI=1S/C10H20N4O4S/c11-10(12)13-4-1-2-8(9(15)16)14-7-3-5-19(17,18)6-7/h7-8,14H,1-6H2,(H,15,16)(H4,11,12,13)/t7-,8-/m1/s1. The highest BCUT2D eigenvalue weighted by atomic mass is 32.2. The van der Waals surface area contributed by atoms with Crippen LogP contribution in [0, 0.1) is 0 Å². The Bertz CT molecular complexity index is 444. The molecule has 0 bridgehead atoms. The number of nitrogens with zero attached hydrogens (tertiary/aromatic N) is 1. The van der Waals surface area contributed by atoms with Gasteiger partial charge < -0.3 is 21.9 Å². The van der Waals surface area contributed by atoms with Gasteiger partial charge in [0.05, 0.1) is 11.5 Å². The lowest BCUT2D eigenvalue weighted by Gasteiger charge is -2.18. The Morgan fingerprint density at radius 1 is 1.47 bits per heavy atom. The number of rotatable bonds is 7. The number of aliphatic carboxylic acids is 1. The van der Waals surface area contributed by atoms with Crippen molar-refractivity contribution in [1.29, 1.82) is 0 Å². The largest absolute Gasteiger partial charge is 0.480 e. The lowest BCUT2D eigenvalue weighted by Crippen LogP contribution is -2.44. The molecule has 2 atom stereocenters. The van der Waals surface area contributed by atoms with Crippen molar-refractivity contribution in [2.24, 2.45) is 16.5 Å². The van der Waals surface area contributed by atoms with Crippen LogP contribution in [0.1, 0.15) is 19.3 Å². The molecule has 1 aliphatic heterocycles. The van der Waals surface area contributed by atoms with E-state index in [9.17, 15) is 13.2 Å². The lowest BCUT2D eigenvalue weighted by molar-refractivity contribution is -0.139. The first-order valence-electron chi connectivity index (χ1n) is 6.05. The minimum atomic E-state index is -3.01. The monoisotopic (exact) mass is 292 g/mol. The minimum absolute atomic E-state index is 0.00464. The van der Waals surface area contributed by atoms with Gasteiger partial charge in [-0.1, -0.05) is 0 Å². The summed E-state index contributed by atoms with van der Waals surface area (Å²) in [5.41, 5.74) is 10.3. The topological polar surface area (TPSA) is 148 Å². The SMILES string of the molecule is NC(N)=NCCC[C@@H](N[C@@H]1CCS(=O)(=O)C1)C(=O)O. The van der Waals surface area contributed by atoms with Crippen LogP contribution in [-0.2, 0) is 14.6 Å². The molecule has 9 heteroatoms. The van der Waals surface area contributed by atoms with Crippen LogP contribution in [0.2, 0.25) is 0 Å². The number of nitrogens with two attached hydrogens (primary N) is 2. The molecular formula is C10H20N4O4S. The summed E-state index contributed by atoms with van der Waals surface area (Å²) < 4.78 is 22.6. The highest BCUT2D eigenvalue weighted by Crippen LogP contribution is 2.13. The van der Waals surface area contributed by atoms with Crippen molar-refractivity contribution >= 4 is 21.8 Å². The van der Waals surface area contributed by atoms with Crippen LogP contribution >= 0.6 is 0 Å². The molecule has 1 aliphatic rings. The molecule has 0 aromatic heterocycles. The number of hydrogen-bond acceptors (Lipinski definition) is 5. The van der Waals surface area contributed by atoms with Crippen molar-refractivity contribution in [2.45, 2.75) is 31.3 Å². The van der Waals surface area contributed by atoms with Gasteiger partial charge in [0.2, 0.25) is 0 Å². The molecule has 0 aliphatic carbocycles. The average molecular weight is 292 g/mol. The van der Waals surface area contributed by atoms with E-state index < -0.39 is 21.8 Å². The fraction of sp³-hybridized carbons (Fsp3) is 0.800. The number of carbonyl (C=O) groups is 1. The molecule has 1 saturated heterocycles. The molecule has 8 nitrogen and oxygen atoms in total. The third-order valence-electron chi connectivity index (χ3n) is 2.91. The van der Waals surface area contributed by atoms with Crippen LogP contribution in [-0.4, -0.2) is 55.6 Å². The second-order valence-electron chi connectivity index (χ2n) is 4.61. The highest BCUT2D eigenvalue weighted by Gasteiger charge is 2.30. The molecule has 1 rings (SSSR count). The van der Waals surface area contributed by atoms with Crippen molar-refractivity contribution in [1.82, 2.24) is 5.32 Å².